The standard InChI is InChI=1S/C53H40N4O/c1-33-30-34(2)53(58-3)40(31-33)39-32-47-50(37-20-12-6-13-21-37)45-27-26-43(55-45)48(35-16-8-4-9-17-35)41-24-25-42(54-41)49(36-18-10-5-11-19-36)44-28-29-46(56-44)51(52(39)57-47)38-22-14-7-15-23-38/h4-32,55,57H,1-3H3. The highest BCUT2D eigenvalue weighted by Crippen LogP contribution is 2.44. The van der Waals surface area contributed by atoms with Gasteiger partial charge in [-0.1, -0.05) is 127 Å². The van der Waals surface area contributed by atoms with Crippen LogP contribution in [0.4, 0.5) is 0 Å². The van der Waals surface area contributed by atoms with Gasteiger partial charge in [-0.05, 0) is 95.8 Å². The van der Waals surface area contributed by atoms with Crippen LogP contribution < -0.4 is 4.74 Å². The van der Waals surface area contributed by atoms with Crippen LogP contribution in [0.25, 0.3) is 102 Å². The van der Waals surface area contributed by atoms with Crippen LogP contribution in [0.15, 0.2) is 152 Å². The van der Waals surface area contributed by atoms with Crippen molar-refractivity contribution in [3.8, 4) is 61.4 Å². The minimum atomic E-state index is 0.843. The molecular formula is C53H40N4O. The first kappa shape index (κ1) is 35.0. The second-order valence-electron chi connectivity index (χ2n) is 14.8. The van der Waals surface area contributed by atoms with E-state index in [9.17, 15) is 0 Å². The third kappa shape index (κ3) is 6.14. The SMILES string of the molecule is COc1c(C)cc(C)cc1-c1cc2[nH]c1c(-c1ccccc1)c1nc(c(-c3ccccc3)c3nc(c(-c4ccccc4)c4ccc([nH]4)c2-c2ccccc2)C=C3)C=C1. The Morgan fingerprint density at radius 2 is 0.862 bits per heavy atom. The Balaban J connectivity index is 1.47. The molecule has 5 heterocycles. The summed E-state index contributed by atoms with van der Waals surface area (Å²) in [5.41, 5.74) is 19.9. The average Bonchev–Trinajstić information content (AvgIpc) is 4.10. The van der Waals surface area contributed by atoms with E-state index in [0.29, 0.717) is 0 Å². The van der Waals surface area contributed by atoms with Crippen molar-refractivity contribution in [2.45, 2.75) is 13.8 Å². The molecule has 5 nitrogen and oxygen atoms in total. The zero-order chi connectivity index (χ0) is 39.2. The van der Waals surface area contributed by atoms with Gasteiger partial charge in [0, 0.05) is 49.9 Å². The number of aryl methyl sites for hydroxylation is 2. The van der Waals surface area contributed by atoms with Crippen molar-refractivity contribution in [3.63, 3.8) is 0 Å². The van der Waals surface area contributed by atoms with Crippen molar-refractivity contribution >= 4 is 46.4 Å². The molecule has 2 aliphatic rings. The number of fused-ring (bicyclic) bond motifs is 8. The van der Waals surface area contributed by atoms with Crippen molar-refractivity contribution in [2.75, 3.05) is 7.11 Å². The number of nitrogens with one attached hydrogen (secondary N) is 2. The Hall–Kier alpha value is -7.50. The number of aromatic amines is 2. The molecule has 0 atom stereocenters. The van der Waals surface area contributed by atoms with Gasteiger partial charge in [-0.15, -0.1) is 0 Å². The van der Waals surface area contributed by atoms with Gasteiger partial charge < -0.3 is 14.7 Å². The number of rotatable bonds is 6. The van der Waals surface area contributed by atoms with Crippen molar-refractivity contribution in [1.29, 1.82) is 0 Å². The van der Waals surface area contributed by atoms with Crippen LogP contribution >= 0.6 is 0 Å². The van der Waals surface area contributed by atoms with E-state index >= 15 is 0 Å². The highest BCUT2D eigenvalue weighted by molar-refractivity contribution is 6.05. The van der Waals surface area contributed by atoms with E-state index in [4.69, 9.17) is 14.7 Å². The van der Waals surface area contributed by atoms with Gasteiger partial charge in [-0.25, -0.2) is 9.97 Å². The fourth-order valence-electron chi connectivity index (χ4n) is 8.56. The van der Waals surface area contributed by atoms with Crippen molar-refractivity contribution in [1.82, 2.24) is 19.9 Å². The summed E-state index contributed by atoms with van der Waals surface area (Å²) >= 11 is 0. The number of hydrogen-bond donors (Lipinski definition) is 2. The molecule has 0 unspecified atom stereocenters. The fraction of sp³-hybridized carbons (Fsp3) is 0.0566. The Labute approximate surface area is 337 Å². The third-order valence-electron chi connectivity index (χ3n) is 11.0. The Bertz CT molecular complexity index is 3080. The number of benzene rings is 5. The van der Waals surface area contributed by atoms with Crippen LogP contribution in [0.5, 0.6) is 5.75 Å². The van der Waals surface area contributed by atoms with Crippen LogP contribution in [0.1, 0.15) is 33.9 Å². The first-order valence-electron chi connectivity index (χ1n) is 19.6. The van der Waals surface area contributed by atoms with Crippen molar-refractivity contribution in [2.24, 2.45) is 0 Å². The lowest BCUT2D eigenvalue weighted by atomic mass is 9.95. The van der Waals surface area contributed by atoms with E-state index in [1.165, 1.54) is 0 Å². The largest absolute Gasteiger partial charge is 0.496 e. The predicted molar refractivity (Wildman–Crippen MR) is 242 cm³/mol. The number of H-pyrrole nitrogens is 2. The van der Waals surface area contributed by atoms with Gasteiger partial charge in [-0.3, -0.25) is 0 Å². The smallest absolute Gasteiger partial charge is 0.129 e. The van der Waals surface area contributed by atoms with Crippen LogP contribution in [0, 0.1) is 13.8 Å². The highest BCUT2D eigenvalue weighted by Gasteiger charge is 2.22. The molecule has 0 spiro atoms. The third-order valence-corrected chi connectivity index (χ3v) is 11.0. The van der Waals surface area contributed by atoms with Crippen molar-refractivity contribution in [3.05, 3.63) is 186 Å². The van der Waals surface area contributed by atoms with Crippen LogP contribution in [-0.4, -0.2) is 27.0 Å². The lowest BCUT2D eigenvalue weighted by Crippen LogP contribution is -1.94. The Morgan fingerprint density at radius 3 is 1.40 bits per heavy atom. The van der Waals surface area contributed by atoms with E-state index in [1.807, 2.05) is 6.07 Å². The highest BCUT2D eigenvalue weighted by atomic mass is 16.5. The molecule has 2 aliphatic heterocycles. The van der Waals surface area contributed by atoms with E-state index < -0.39 is 0 Å². The molecule has 0 aliphatic carbocycles. The Morgan fingerprint density at radius 1 is 0.414 bits per heavy atom. The Kier molecular flexibility index (Phi) is 8.76. The van der Waals surface area contributed by atoms with Gasteiger partial charge in [0.05, 0.1) is 35.4 Å². The first-order chi connectivity index (χ1) is 28.5. The maximum atomic E-state index is 6.20. The van der Waals surface area contributed by atoms with Gasteiger partial charge in [0.15, 0.2) is 0 Å². The van der Waals surface area contributed by atoms with Gasteiger partial charge in [-0.2, -0.15) is 0 Å². The first-order valence-corrected chi connectivity index (χ1v) is 19.6. The maximum Gasteiger partial charge on any atom is 0.129 e. The molecule has 10 rings (SSSR count). The fourth-order valence-corrected chi connectivity index (χ4v) is 8.56. The summed E-state index contributed by atoms with van der Waals surface area (Å²) in [6, 6.07) is 53.2. The summed E-state index contributed by atoms with van der Waals surface area (Å²) in [5.74, 6) is 0.843. The molecule has 5 aromatic carbocycles. The molecule has 8 aromatic rings. The molecular weight excluding hydrogens is 709 g/mol. The molecule has 8 bridgehead atoms. The summed E-state index contributed by atoms with van der Waals surface area (Å²) in [6.07, 6.45) is 8.54. The number of nitrogens with zero attached hydrogens (tertiary/aromatic N) is 2. The molecule has 0 amide bonds. The van der Waals surface area contributed by atoms with Gasteiger partial charge in [0.2, 0.25) is 0 Å². The quantitative estimate of drug-likeness (QED) is 0.178. The van der Waals surface area contributed by atoms with E-state index in [-0.39, 0.29) is 0 Å². The normalized spacial score (nSPS) is 11.9. The summed E-state index contributed by atoms with van der Waals surface area (Å²) in [7, 11) is 1.76. The average molecular weight is 749 g/mol. The molecule has 0 radical (unpaired) electrons. The molecule has 2 N–H and O–H groups in total. The molecule has 0 fully saturated rings. The lowest BCUT2D eigenvalue weighted by Gasteiger charge is -2.13. The summed E-state index contributed by atoms with van der Waals surface area (Å²) in [6.45, 7) is 4.26. The van der Waals surface area contributed by atoms with Gasteiger partial charge in [0.25, 0.3) is 0 Å². The lowest BCUT2D eigenvalue weighted by molar-refractivity contribution is 0.413. The summed E-state index contributed by atoms with van der Waals surface area (Å²) < 4.78 is 6.20. The molecule has 278 valence electrons. The molecule has 5 heteroatoms. The molecule has 0 saturated heterocycles. The second kappa shape index (κ2) is 14.5. The topological polar surface area (TPSA) is 66.6 Å². The minimum Gasteiger partial charge on any atom is -0.496 e. The predicted octanol–water partition coefficient (Wildman–Crippen LogP) is 13.6. The number of aromatic nitrogens is 4. The maximum absolute atomic E-state index is 6.20. The van der Waals surface area contributed by atoms with Crippen molar-refractivity contribution < 1.29 is 4.74 Å². The number of methoxy groups -OCH3 is 1. The molecule has 3 aromatic heterocycles. The monoisotopic (exact) mass is 748 g/mol. The number of hydrogen-bond acceptors (Lipinski definition) is 3. The molecule has 58 heavy (non-hydrogen) atoms. The van der Waals surface area contributed by atoms with Crippen LogP contribution in [-0.2, 0) is 0 Å². The van der Waals surface area contributed by atoms with Gasteiger partial charge >= 0.3 is 0 Å². The second-order valence-corrected chi connectivity index (χ2v) is 14.8. The van der Waals surface area contributed by atoms with Crippen LogP contribution in [0.2, 0.25) is 0 Å². The summed E-state index contributed by atoms with van der Waals surface area (Å²) in [5, 5.41) is 0. The molecule has 0 saturated carbocycles. The van der Waals surface area contributed by atoms with E-state index in [2.05, 4.69) is 194 Å². The number of ether oxygens (including phenoxy) is 1. The van der Waals surface area contributed by atoms with Crippen LogP contribution in [0.3, 0.4) is 0 Å². The minimum absolute atomic E-state index is 0.843. The summed E-state index contributed by atoms with van der Waals surface area (Å²) in [4.78, 5) is 18.8. The van der Waals surface area contributed by atoms with Gasteiger partial charge in [0.1, 0.15) is 5.75 Å². The van der Waals surface area contributed by atoms with E-state index in [0.717, 1.165) is 117 Å². The zero-order valence-corrected chi connectivity index (χ0v) is 32.5. The zero-order valence-electron chi connectivity index (χ0n) is 32.5. The van der Waals surface area contributed by atoms with E-state index in [1.54, 1.807) is 7.11 Å².